The molecule has 1 heterocycles. The Hall–Kier alpha value is -0.120. The number of hydrogen-bond donors (Lipinski definition) is 0. The van der Waals surface area contributed by atoms with Crippen molar-refractivity contribution in [3.8, 4) is 0 Å². The molecule has 0 saturated carbocycles. The lowest BCUT2D eigenvalue weighted by atomic mass is 10.1. The van der Waals surface area contributed by atoms with Gasteiger partial charge >= 0.3 is 0 Å². The number of unbranched alkanes of at least 4 members (excludes halogenated alkanes) is 8. The Labute approximate surface area is 152 Å². The highest BCUT2D eigenvalue weighted by atomic mass is 15.4. The van der Waals surface area contributed by atoms with Crippen LogP contribution in [0.5, 0.6) is 0 Å². The molecule has 0 aliphatic carbocycles. The molecule has 1 saturated heterocycles. The van der Waals surface area contributed by atoms with E-state index >= 15 is 0 Å². The van der Waals surface area contributed by atoms with Gasteiger partial charge in [-0.25, -0.2) is 0 Å². The lowest BCUT2D eigenvalue weighted by Crippen LogP contribution is -2.39. The van der Waals surface area contributed by atoms with Gasteiger partial charge in [-0.15, -0.1) is 0 Å². The van der Waals surface area contributed by atoms with E-state index in [-0.39, 0.29) is 0 Å². The first-order valence-electron chi connectivity index (χ1n) is 11.0. The van der Waals surface area contributed by atoms with Gasteiger partial charge in [-0.3, -0.25) is 14.7 Å². The molecule has 0 aromatic rings. The normalized spacial score (nSPS) is 18.1. The van der Waals surface area contributed by atoms with Crippen LogP contribution in [-0.4, -0.2) is 60.8 Å². The fourth-order valence-electron chi connectivity index (χ4n) is 3.65. The van der Waals surface area contributed by atoms with Gasteiger partial charge in [-0.2, -0.15) is 0 Å². The maximum Gasteiger partial charge on any atom is 0.0518 e. The summed E-state index contributed by atoms with van der Waals surface area (Å²) < 4.78 is 0. The summed E-state index contributed by atoms with van der Waals surface area (Å²) in [7, 11) is 0. The van der Waals surface area contributed by atoms with Crippen LogP contribution in [-0.2, 0) is 0 Å². The third-order valence-corrected chi connectivity index (χ3v) is 5.27. The Kier molecular flexibility index (Phi) is 13.8. The lowest BCUT2D eigenvalue weighted by molar-refractivity contribution is 0.118. The molecule has 1 aliphatic rings. The van der Waals surface area contributed by atoms with Gasteiger partial charge in [0.1, 0.15) is 0 Å². The summed E-state index contributed by atoms with van der Waals surface area (Å²) in [5.41, 5.74) is 0. The minimum absolute atomic E-state index is 1.20. The van der Waals surface area contributed by atoms with Gasteiger partial charge in [-0.1, -0.05) is 72.1 Å². The second-order valence-electron chi connectivity index (χ2n) is 7.74. The molecule has 1 aliphatic heterocycles. The second kappa shape index (κ2) is 15.2. The molecule has 0 spiro atoms. The van der Waals surface area contributed by atoms with Gasteiger partial charge in [-0.05, 0) is 32.4 Å². The smallest absolute Gasteiger partial charge is 0.0518 e. The van der Waals surface area contributed by atoms with Crippen molar-refractivity contribution in [2.45, 2.75) is 91.4 Å². The van der Waals surface area contributed by atoms with Crippen molar-refractivity contribution in [1.29, 1.82) is 0 Å². The van der Waals surface area contributed by atoms with Crippen molar-refractivity contribution in [3.63, 3.8) is 0 Å². The molecule has 0 bridgehead atoms. The Morgan fingerprint density at radius 1 is 0.458 bits per heavy atom. The van der Waals surface area contributed by atoms with Crippen LogP contribution >= 0.6 is 0 Å². The van der Waals surface area contributed by atoms with Crippen LogP contribution < -0.4 is 0 Å². The quantitative estimate of drug-likeness (QED) is 0.404. The molecule has 0 aromatic carbocycles. The average molecular weight is 340 g/mol. The maximum atomic E-state index is 2.72. The van der Waals surface area contributed by atoms with Crippen LogP contribution in [0.1, 0.15) is 91.4 Å². The summed E-state index contributed by atoms with van der Waals surface area (Å²) >= 11 is 0. The lowest BCUT2D eigenvalue weighted by Gasteiger charge is -2.28. The second-order valence-corrected chi connectivity index (χ2v) is 7.74. The molecular weight excluding hydrogens is 294 g/mol. The molecule has 24 heavy (non-hydrogen) atoms. The predicted octanol–water partition coefficient (Wildman–Crippen LogP) is 5.17. The van der Waals surface area contributed by atoms with E-state index in [1.165, 1.54) is 117 Å². The molecule has 1 fully saturated rings. The minimum Gasteiger partial charge on any atom is -0.289 e. The van der Waals surface area contributed by atoms with Crippen molar-refractivity contribution in [2.75, 3.05) is 46.1 Å². The van der Waals surface area contributed by atoms with E-state index < -0.39 is 0 Å². The van der Waals surface area contributed by atoms with Crippen LogP contribution in [0.2, 0.25) is 0 Å². The molecule has 3 nitrogen and oxygen atoms in total. The third kappa shape index (κ3) is 10.7. The van der Waals surface area contributed by atoms with Crippen LogP contribution in [0.15, 0.2) is 0 Å². The van der Waals surface area contributed by atoms with E-state index in [0.717, 1.165) is 0 Å². The maximum absolute atomic E-state index is 2.72. The average Bonchev–Trinajstić information content (AvgIpc) is 2.77. The van der Waals surface area contributed by atoms with Crippen molar-refractivity contribution in [3.05, 3.63) is 0 Å². The molecular formula is C21H45N3. The molecule has 3 heteroatoms. The van der Waals surface area contributed by atoms with Crippen LogP contribution in [0.3, 0.4) is 0 Å². The number of nitrogens with zero attached hydrogens (tertiary/aromatic N) is 3. The van der Waals surface area contributed by atoms with Gasteiger partial charge in [0.05, 0.1) is 13.3 Å². The molecule has 1 rings (SSSR count). The first-order valence-corrected chi connectivity index (χ1v) is 11.0. The minimum atomic E-state index is 1.20. The van der Waals surface area contributed by atoms with E-state index in [0.29, 0.717) is 0 Å². The van der Waals surface area contributed by atoms with Gasteiger partial charge in [0.15, 0.2) is 0 Å². The number of hydrogen-bond acceptors (Lipinski definition) is 3. The van der Waals surface area contributed by atoms with E-state index in [1.54, 1.807) is 0 Å². The molecule has 0 unspecified atom stereocenters. The standard InChI is InChI=1S/C21H45N3/c1-4-7-10-11-14-17-24-20-22(15-12-8-5-2)18-19-23(21-24)16-13-9-6-3/h4-21H2,1-3H3. The van der Waals surface area contributed by atoms with Crippen molar-refractivity contribution >= 4 is 0 Å². The molecule has 0 atom stereocenters. The van der Waals surface area contributed by atoms with Crippen molar-refractivity contribution in [1.82, 2.24) is 14.7 Å². The summed E-state index contributed by atoms with van der Waals surface area (Å²) in [4.78, 5) is 8.14. The highest BCUT2D eigenvalue weighted by Gasteiger charge is 2.19. The van der Waals surface area contributed by atoms with Gasteiger partial charge in [0.25, 0.3) is 0 Å². The molecule has 0 amide bonds. The molecule has 0 N–H and O–H groups in total. The summed E-state index contributed by atoms with van der Waals surface area (Å²) in [5, 5.41) is 0. The SMILES string of the molecule is CCCCCCCN1CN(CCCCC)CCN(CCCCC)C1. The highest BCUT2D eigenvalue weighted by molar-refractivity contribution is 4.71. The summed E-state index contributed by atoms with van der Waals surface area (Å²) in [6, 6.07) is 0. The zero-order valence-corrected chi connectivity index (χ0v) is 17.1. The van der Waals surface area contributed by atoms with Gasteiger partial charge in [0, 0.05) is 19.6 Å². The fourth-order valence-corrected chi connectivity index (χ4v) is 3.65. The zero-order chi connectivity index (χ0) is 17.5. The van der Waals surface area contributed by atoms with Crippen LogP contribution in [0.25, 0.3) is 0 Å². The topological polar surface area (TPSA) is 9.72 Å². The largest absolute Gasteiger partial charge is 0.289 e. The zero-order valence-electron chi connectivity index (χ0n) is 17.1. The molecule has 144 valence electrons. The third-order valence-electron chi connectivity index (χ3n) is 5.27. The molecule has 0 aromatic heterocycles. The Morgan fingerprint density at radius 2 is 0.833 bits per heavy atom. The molecule has 0 radical (unpaired) electrons. The van der Waals surface area contributed by atoms with Gasteiger partial charge < -0.3 is 0 Å². The van der Waals surface area contributed by atoms with Crippen LogP contribution in [0, 0.1) is 0 Å². The van der Waals surface area contributed by atoms with Crippen LogP contribution in [0.4, 0.5) is 0 Å². The predicted molar refractivity (Wildman–Crippen MR) is 107 cm³/mol. The summed E-state index contributed by atoms with van der Waals surface area (Å²) in [6.07, 6.45) is 15.1. The van der Waals surface area contributed by atoms with E-state index in [1.807, 2.05) is 0 Å². The van der Waals surface area contributed by atoms with E-state index in [9.17, 15) is 0 Å². The first kappa shape index (κ1) is 21.9. The number of rotatable bonds is 14. The fraction of sp³-hybridized carbons (Fsp3) is 1.00. The monoisotopic (exact) mass is 339 g/mol. The Morgan fingerprint density at radius 3 is 1.33 bits per heavy atom. The summed E-state index contributed by atoms with van der Waals surface area (Å²) in [5.74, 6) is 0. The van der Waals surface area contributed by atoms with Crippen molar-refractivity contribution in [2.24, 2.45) is 0 Å². The van der Waals surface area contributed by atoms with E-state index in [4.69, 9.17) is 0 Å². The van der Waals surface area contributed by atoms with E-state index in [2.05, 4.69) is 35.5 Å². The summed E-state index contributed by atoms with van der Waals surface area (Å²) in [6.45, 7) is 15.7. The van der Waals surface area contributed by atoms with Gasteiger partial charge in [0.2, 0.25) is 0 Å². The Balaban J connectivity index is 2.38. The Bertz CT molecular complexity index is 250. The first-order chi connectivity index (χ1) is 11.8. The van der Waals surface area contributed by atoms with Crippen molar-refractivity contribution < 1.29 is 0 Å². The highest BCUT2D eigenvalue weighted by Crippen LogP contribution is 2.11.